The molecule has 0 aliphatic carbocycles. The number of aromatic nitrogens is 1. The smallest absolute Gasteiger partial charge is 0.0486 e. The molecule has 1 N–H and O–H groups in total. The molecule has 0 saturated carbocycles. The third-order valence-corrected chi connectivity index (χ3v) is 3.16. The van der Waals surface area contributed by atoms with Crippen LogP contribution in [0.1, 0.15) is 26.3 Å². The second-order valence-corrected chi connectivity index (χ2v) is 5.82. The first-order valence-electron chi connectivity index (χ1n) is 6.99. The van der Waals surface area contributed by atoms with Crippen molar-refractivity contribution in [2.45, 2.75) is 33.9 Å². The number of allylic oxidation sites excluding steroid dienone is 1. The summed E-state index contributed by atoms with van der Waals surface area (Å²) in [5.41, 5.74) is 3.82. The number of benzene rings is 1. The lowest BCUT2D eigenvalue weighted by molar-refractivity contribution is 0.552. The summed E-state index contributed by atoms with van der Waals surface area (Å²) in [5.74, 6) is 0.691. The van der Waals surface area contributed by atoms with Gasteiger partial charge in [0.25, 0.3) is 0 Å². The molecule has 0 unspecified atom stereocenters. The molecule has 2 nitrogen and oxygen atoms in total. The van der Waals surface area contributed by atoms with Crippen molar-refractivity contribution in [3.63, 3.8) is 0 Å². The highest BCUT2D eigenvalue weighted by Crippen LogP contribution is 2.18. The van der Waals surface area contributed by atoms with Gasteiger partial charge in [0.1, 0.15) is 0 Å². The van der Waals surface area contributed by atoms with Crippen LogP contribution in [-0.4, -0.2) is 11.1 Å². The lowest BCUT2D eigenvalue weighted by Gasteiger charge is -2.09. The molecule has 0 fully saturated rings. The molecule has 2 rings (SSSR count). The predicted octanol–water partition coefficient (Wildman–Crippen LogP) is 3.96. The monoisotopic (exact) mass is 256 g/mol. The highest BCUT2D eigenvalue weighted by molar-refractivity contribution is 5.80. The third kappa shape index (κ3) is 3.71. The van der Waals surface area contributed by atoms with Crippen LogP contribution < -0.4 is 5.32 Å². The zero-order chi connectivity index (χ0) is 13.8. The van der Waals surface area contributed by atoms with Gasteiger partial charge < -0.3 is 9.88 Å². The number of hydrogen-bond donors (Lipinski definition) is 1. The molecule has 1 aromatic heterocycles. The summed E-state index contributed by atoms with van der Waals surface area (Å²) in [7, 11) is 0. The Balaban J connectivity index is 2.16. The third-order valence-electron chi connectivity index (χ3n) is 3.16. The van der Waals surface area contributed by atoms with Crippen molar-refractivity contribution in [2.24, 2.45) is 5.92 Å². The van der Waals surface area contributed by atoms with E-state index >= 15 is 0 Å². The fourth-order valence-electron chi connectivity index (χ4n) is 2.27. The van der Waals surface area contributed by atoms with E-state index in [-0.39, 0.29) is 0 Å². The van der Waals surface area contributed by atoms with Crippen molar-refractivity contribution in [1.82, 2.24) is 9.88 Å². The Morgan fingerprint density at radius 1 is 1.32 bits per heavy atom. The highest BCUT2D eigenvalue weighted by Gasteiger charge is 2.03. The van der Waals surface area contributed by atoms with E-state index in [9.17, 15) is 0 Å². The fourth-order valence-corrected chi connectivity index (χ4v) is 2.27. The Hall–Kier alpha value is -1.54. The number of nitrogens with zero attached hydrogens (tertiary/aromatic N) is 1. The van der Waals surface area contributed by atoms with Gasteiger partial charge in [0.15, 0.2) is 0 Å². The van der Waals surface area contributed by atoms with Crippen LogP contribution >= 0.6 is 0 Å². The minimum absolute atomic E-state index is 0.691. The number of rotatable bonds is 6. The van der Waals surface area contributed by atoms with Gasteiger partial charge in [-0.15, -0.1) is 0 Å². The summed E-state index contributed by atoms with van der Waals surface area (Å²) in [4.78, 5) is 0. The summed E-state index contributed by atoms with van der Waals surface area (Å²) < 4.78 is 2.27. The molecular formula is C17H24N2. The van der Waals surface area contributed by atoms with E-state index < -0.39 is 0 Å². The SMILES string of the molecule is C=C(C)Cn1ccc2ccc(CNCC(C)C)cc21. The normalized spacial score (nSPS) is 11.4. The number of fused-ring (bicyclic) bond motifs is 1. The molecule has 1 aromatic carbocycles. The topological polar surface area (TPSA) is 17.0 Å². The van der Waals surface area contributed by atoms with Crippen molar-refractivity contribution in [2.75, 3.05) is 6.54 Å². The Bertz CT molecular complexity index is 564. The maximum atomic E-state index is 4.00. The van der Waals surface area contributed by atoms with Crippen LogP contribution in [-0.2, 0) is 13.1 Å². The van der Waals surface area contributed by atoms with E-state index in [0.717, 1.165) is 19.6 Å². The minimum Gasteiger partial charge on any atom is -0.343 e. The maximum Gasteiger partial charge on any atom is 0.0486 e. The highest BCUT2D eigenvalue weighted by atomic mass is 14.9. The molecule has 1 heterocycles. The first-order chi connectivity index (χ1) is 9.06. The van der Waals surface area contributed by atoms with E-state index in [0.29, 0.717) is 5.92 Å². The van der Waals surface area contributed by atoms with E-state index in [1.807, 2.05) is 0 Å². The molecule has 0 aliphatic rings. The van der Waals surface area contributed by atoms with Gasteiger partial charge >= 0.3 is 0 Å². The predicted molar refractivity (Wildman–Crippen MR) is 83.3 cm³/mol. The second kappa shape index (κ2) is 6.07. The fraction of sp³-hybridized carbons (Fsp3) is 0.412. The second-order valence-electron chi connectivity index (χ2n) is 5.82. The zero-order valence-corrected chi connectivity index (χ0v) is 12.2. The summed E-state index contributed by atoms with van der Waals surface area (Å²) in [5, 5.41) is 4.79. The van der Waals surface area contributed by atoms with Gasteiger partial charge in [-0.25, -0.2) is 0 Å². The molecule has 0 amide bonds. The molecular weight excluding hydrogens is 232 g/mol. The van der Waals surface area contributed by atoms with E-state index in [2.05, 4.69) is 67.7 Å². The molecule has 102 valence electrons. The van der Waals surface area contributed by atoms with Crippen molar-refractivity contribution < 1.29 is 0 Å². The minimum atomic E-state index is 0.691. The van der Waals surface area contributed by atoms with Crippen LogP contribution in [0.3, 0.4) is 0 Å². The van der Waals surface area contributed by atoms with Gasteiger partial charge in [-0.3, -0.25) is 0 Å². The van der Waals surface area contributed by atoms with Crippen molar-refractivity contribution in [1.29, 1.82) is 0 Å². The maximum absolute atomic E-state index is 4.00. The number of hydrogen-bond acceptors (Lipinski definition) is 1. The standard InChI is InChI=1S/C17H24N2/c1-13(2)10-18-11-15-5-6-16-7-8-19(12-14(3)4)17(16)9-15/h5-9,13,18H,3,10-12H2,1-2,4H3. The van der Waals surface area contributed by atoms with Crippen molar-refractivity contribution in [3.8, 4) is 0 Å². The van der Waals surface area contributed by atoms with E-state index in [1.54, 1.807) is 0 Å². The summed E-state index contributed by atoms with van der Waals surface area (Å²) in [6.07, 6.45) is 2.14. The Morgan fingerprint density at radius 2 is 2.11 bits per heavy atom. The van der Waals surface area contributed by atoms with Crippen LogP contribution in [0.25, 0.3) is 10.9 Å². The number of nitrogens with one attached hydrogen (secondary N) is 1. The molecule has 2 heteroatoms. The van der Waals surface area contributed by atoms with E-state index in [1.165, 1.54) is 22.0 Å². The van der Waals surface area contributed by atoms with Gasteiger partial charge in [-0.05, 0) is 42.5 Å². The molecule has 0 aliphatic heterocycles. The molecule has 0 saturated heterocycles. The quantitative estimate of drug-likeness (QED) is 0.774. The molecule has 0 spiro atoms. The van der Waals surface area contributed by atoms with Gasteiger partial charge in [-0.1, -0.05) is 38.1 Å². The molecule has 0 radical (unpaired) electrons. The van der Waals surface area contributed by atoms with Crippen LogP contribution in [0.2, 0.25) is 0 Å². The van der Waals surface area contributed by atoms with Crippen molar-refractivity contribution in [3.05, 3.63) is 48.2 Å². The van der Waals surface area contributed by atoms with Crippen LogP contribution in [0, 0.1) is 5.92 Å². The molecule has 0 atom stereocenters. The van der Waals surface area contributed by atoms with Gasteiger partial charge in [0, 0.05) is 24.8 Å². The van der Waals surface area contributed by atoms with Gasteiger partial charge in [0.2, 0.25) is 0 Å². The van der Waals surface area contributed by atoms with Gasteiger partial charge in [0.05, 0.1) is 0 Å². The molecule has 2 aromatic rings. The molecule has 0 bridgehead atoms. The van der Waals surface area contributed by atoms with E-state index in [4.69, 9.17) is 0 Å². The van der Waals surface area contributed by atoms with Gasteiger partial charge in [-0.2, -0.15) is 0 Å². The molecule has 19 heavy (non-hydrogen) atoms. The average Bonchev–Trinajstić information content (AvgIpc) is 2.71. The summed E-state index contributed by atoms with van der Waals surface area (Å²) in [6.45, 7) is 13.4. The zero-order valence-electron chi connectivity index (χ0n) is 12.2. The Morgan fingerprint density at radius 3 is 2.79 bits per heavy atom. The Kier molecular flexibility index (Phi) is 4.43. The first kappa shape index (κ1) is 13.9. The average molecular weight is 256 g/mol. The Labute approximate surface area is 116 Å². The van der Waals surface area contributed by atoms with Crippen molar-refractivity contribution >= 4 is 10.9 Å². The first-order valence-corrected chi connectivity index (χ1v) is 6.99. The lowest BCUT2D eigenvalue weighted by Crippen LogP contribution is -2.18. The lowest BCUT2D eigenvalue weighted by atomic mass is 10.1. The van der Waals surface area contributed by atoms with Crippen LogP contribution in [0.5, 0.6) is 0 Å². The van der Waals surface area contributed by atoms with Crippen LogP contribution in [0.4, 0.5) is 0 Å². The summed E-state index contributed by atoms with van der Waals surface area (Å²) >= 11 is 0. The summed E-state index contributed by atoms with van der Waals surface area (Å²) in [6, 6.07) is 8.87. The van der Waals surface area contributed by atoms with Crippen LogP contribution in [0.15, 0.2) is 42.6 Å². The largest absolute Gasteiger partial charge is 0.343 e.